The number of nitrogens with zero attached hydrogens (tertiary/aromatic N) is 2. The Morgan fingerprint density at radius 3 is 2.95 bits per heavy atom. The minimum Gasteiger partial charge on any atom is -0.384 e. The van der Waals surface area contributed by atoms with Gasteiger partial charge in [-0.2, -0.15) is 0 Å². The van der Waals surface area contributed by atoms with Crippen LogP contribution in [0, 0.1) is 11.8 Å². The minimum absolute atomic E-state index is 0.160. The Hall–Kier alpha value is -1.90. The molecule has 0 aliphatic heterocycles. The molecular formula is C16H23N3O2. The van der Waals surface area contributed by atoms with Crippen molar-refractivity contribution in [3.63, 3.8) is 0 Å². The molecule has 114 valence electrons. The summed E-state index contributed by atoms with van der Waals surface area (Å²) in [5.41, 5.74) is 1.10. The molecule has 0 spiro atoms. The molecule has 1 unspecified atom stereocenters. The number of likely N-dealkylation sites (N-methyl/N-ethyl adjacent to an activating group) is 1. The molecule has 5 heteroatoms. The van der Waals surface area contributed by atoms with Crippen LogP contribution in [0.15, 0.2) is 18.5 Å². The van der Waals surface area contributed by atoms with Crippen molar-refractivity contribution in [3.05, 3.63) is 29.6 Å². The lowest BCUT2D eigenvalue weighted by Gasteiger charge is -2.23. The predicted octanol–water partition coefficient (Wildman–Crippen LogP) is 0.885. The number of aromatic nitrogens is 1. The van der Waals surface area contributed by atoms with Crippen LogP contribution < -0.4 is 5.32 Å². The molecule has 2 N–H and O–H groups in total. The van der Waals surface area contributed by atoms with Gasteiger partial charge >= 0.3 is 0 Å². The van der Waals surface area contributed by atoms with Gasteiger partial charge in [0.1, 0.15) is 6.61 Å². The zero-order chi connectivity index (χ0) is 15.7. The zero-order valence-corrected chi connectivity index (χ0v) is 12.9. The number of rotatable bonds is 6. The normalized spacial score (nSPS) is 11.7. The molecule has 1 aromatic heterocycles. The number of hydrogen-bond acceptors (Lipinski definition) is 4. The highest BCUT2D eigenvalue weighted by molar-refractivity contribution is 5.94. The third-order valence-corrected chi connectivity index (χ3v) is 3.41. The first kappa shape index (κ1) is 17.2. The molecule has 0 saturated carbocycles. The molecule has 1 atom stereocenters. The summed E-state index contributed by atoms with van der Waals surface area (Å²) in [4.78, 5) is 18.2. The van der Waals surface area contributed by atoms with Crippen LogP contribution in [0.25, 0.3) is 0 Å². The van der Waals surface area contributed by atoms with Crippen molar-refractivity contribution in [2.45, 2.75) is 26.3 Å². The highest BCUT2D eigenvalue weighted by Crippen LogP contribution is 2.02. The molecule has 1 aromatic rings. The summed E-state index contributed by atoms with van der Waals surface area (Å²) >= 11 is 0. The van der Waals surface area contributed by atoms with Crippen LogP contribution >= 0.6 is 0 Å². The topological polar surface area (TPSA) is 65.5 Å². The zero-order valence-electron chi connectivity index (χ0n) is 12.9. The van der Waals surface area contributed by atoms with E-state index in [1.165, 1.54) is 6.20 Å². The first-order valence-corrected chi connectivity index (χ1v) is 7.11. The van der Waals surface area contributed by atoms with Crippen molar-refractivity contribution in [3.8, 4) is 11.8 Å². The monoisotopic (exact) mass is 289 g/mol. The van der Waals surface area contributed by atoms with Crippen molar-refractivity contribution >= 4 is 5.91 Å². The largest absolute Gasteiger partial charge is 0.384 e. The van der Waals surface area contributed by atoms with E-state index in [4.69, 9.17) is 5.11 Å². The van der Waals surface area contributed by atoms with Crippen molar-refractivity contribution in [2.75, 3.05) is 26.7 Å². The molecule has 0 aliphatic rings. The average Bonchev–Trinajstić information content (AvgIpc) is 2.52. The number of amides is 1. The van der Waals surface area contributed by atoms with E-state index in [1.807, 2.05) is 7.05 Å². The first-order valence-electron chi connectivity index (χ1n) is 7.11. The first-order chi connectivity index (χ1) is 10.1. The molecule has 0 bridgehead atoms. The van der Waals surface area contributed by atoms with Gasteiger partial charge < -0.3 is 15.3 Å². The van der Waals surface area contributed by atoms with E-state index >= 15 is 0 Å². The molecule has 1 rings (SSSR count). The van der Waals surface area contributed by atoms with Gasteiger partial charge in [-0.25, -0.2) is 0 Å². The summed E-state index contributed by atoms with van der Waals surface area (Å²) in [7, 11) is 2.05. The summed E-state index contributed by atoms with van der Waals surface area (Å²) in [6.07, 6.45) is 4.16. The summed E-state index contributed by atoms with van der Waals surface area (Å²) < 4.78 is 0. The lowest BCUT2D eigenvalue weighted by Crippen LogP contribution is -2.37. The van der Waals surface area contributed by atoms with Gasteiger partial charge in [0.15, 0.2) is 0 Å². The van der Waals surface area contributed by atoms with E-state index in [-0.39, 0.29) is 12.5 Å². The van der Waals surface area contributed by atoms with Crippen molar-refractivity contribution < 1.29 is 9.90 Å². The molecule has 1 heterocycles. The molecule has 0 aliphatic carbocycles. The standard InChI is InChI=1S/C16H23N3O2/c1-4-13(2)19(3)8-7-18-16(21)15-10-14(6-5-9-20)11-17-12-15/h10-13,20H,4,7-9H2,1-3H3,(H,18,21). The summed E-state index contributed by atoms with van der Waals surface area (Å²) in [6, 6.07) is 2.17. The van der Waals surface area contributed by atoms with E-state index in [9.17, 15) is 4.79 Å². The van der Waals surface area contributed by atoms with Crippen LogP contribution in [0.4, 0.5) is 0 Å². The van der Waals surface area contributed by atoms with Gasteiger partial charge in [-0.1, -0.05) is 18.8 Å². The van der Waals surface area contributed by atoms with Crippen molar-refractivity contribution in [1.29, 1.82) is 0 Å². The molecule has 5 nitrogen and oxygen atoms in total. The van der Waals surface area contributed by atoms with Crippen molar-refractivity contribution in [1.82, 2.24) is 15.2 Å². The van der Waals surface area contributed by atoms with Crippen LogP contribution in [-0.4, -0.2) is 53.7 Å². The second-order valence-corrected chi connectivity index (χ2v) is 4.92. The molecule has 21 heavy (non-hydrogen) atoms. The quantitative estimate of drug-likeness (QED) is 0.763. The minimum atomic E-state index is -0.210. The van der Waals surface area contributed by atoms with Crippen molar-refractivity contribution in [2.24, 2.45) is 0 Å². The van der Waals surface area contributed by atoms with E-state index in [0.29, 0.717) is 23.7 Å². The molecule has 1 amide bonds. The SMILES string of the molecule is CCC(C)N(C)CCNC(=O)c1cncc(C#CCO)c1. The Labute approximate surface area is 126 Å². The Morgan fingerprint density at radius 1 is 1.52 bits per heavy atom. The molecule has 0 radical (unpaired) electrons. The third kappa shape index (κ3) is 5.94. The number of carbonyl (C=O) groups excluding carboxylic acids is 1. The van der Waals surface area contributed by atoms with Crippen LogP contribution in [0.3, 0.4) is 0 Å². The van der Waals surface area contributed by atoms with Crippen LogP contribution in [0.1, 0.15) is 36.2 Å². The Kier molecular flexibility index (Phi) is 7.44. The molecule has 0 saturated heterocycles. The summed E-state index contributed by atoms with van der Waals surface area (Å²) in [5.74, 6) is 5.11. The van der Waals surface area contributed by atoms with E-state index < -0.39 is 0 Å². The van der Waals surface area contributed by atoms with Gasteiger partial charge in [0, 0.05) is 37.1 Å². The maximum atomic E-state index is 12.0. The van der Waals surface area contributed by atoms with Gasteiger partial charge in [-0.05, 0) is 26.5 Å². The Balaban J connectivity index is 2.52. The molecular weight excluding hydrogens is 266 g/mol. The predicted molar refractivity (Wildman–Crippen MR) is 82.9 cm³/mol. The lowest BCUT2D eigenvalue weighted by molar-refractivity contribution is 0.0947. The average molecular weight is 289 g/mol. The van der Waals surface area contributed by atoms with Gasteiger partial charge in [0.05, 0.1) is 5.56 Å². The highest BCUT2D eigenvalue weighted by Gasteiger charge is 2.09. The number of carbonyl (C=O) groups is 1. The summed E-state index contributed by atoms with van der Waals surface area (Å²) in [5, 5.41) is 11.5. The second kappa shape index (κ2) is 9.11. The Bertz CT molecular complexity index is 520. The maximum Gasteiger partial charge on any atom is 0.252 e. The van der Waals surface area contributed by atoms with Crippen LogP contribution in [-0.2, 0) is 0 Å². The fourth-order valence-electron chi connectivity index (χ4n) is 1.75. The van der Waals surface area contributed by atoms with Gasteiger partial charge in [0.2, 0.25) is 0 Å². The van der Waals surface area contributed by atoms with Gasteiger partial charge in [0.25, 0.3) is 5.91 Å². The van der Waals surface area contributed by atoms with Crippen LogP contribution in [0.5, 0.6) is 0 Å². The number of nitrogens with one attached hydrogen (secondary N) is 1. The second-order valence-electron chi connectivity index (χ2n) is 4.92. The number of aliphatic hydroxyl groups is 1. The number of aliphatic hydroxyl groups excluding tert-OH is 1. The van der Waals surface area contributed by atoms with E-state index in [0.717, 1.165) is 13.0 Å². The maximum absolute atomic E-state index is 12.0. The third-order valence-electron chi connectivity index (χ3n) is 3.41. The fourth-order valence-corrected chi connectivity index (χ4v) is 1.75. The lowest BCUT2D eigenvalue weighted by atomic mass is 10.2. The van der Waals surface area contributed by atoms with Gasteiger partial charge in [-0.3, -0.25) is 9.78 Å². The van der Waals surface area contributed by atoms with Gasteiger partial charge in [-0.15, -0.1) is 0 Å². The fraction of sp³-hybridized carbons (Fsp3) is 0.500. The number of hydrogen-bond donors (Lipinski definition) is 2. The Morgan fingerprint density at radius 2 is 2.29 bits per heavy atom. The van der Waals surface area contributed by atoms with E-state index in [2.05, 4.69) is 40.9 Å². The number of pyridine rings is 1. The van der Waals surface area contributed by atoms with E-state index in [1.54, 1.807) is 12.3 Å². The summed E-state index contributed by atoms with van der Waals surface area (Å²) in [6.45, 7) is 5.49. The molecule has 0 aromatic carbocycles. The van der Waals surface area contributed by atoms with Crippen LogP contribution in [0.2, 0.25) is 0 Å². The smallest absolute Gasteiger partial charge is 0.252 e. The molecule has 0 fully saturated rings. The highest BCUT2D eigenvalue weighted by atomic mass is 16.2.